The summed E-state index contributed by atoms with van der Waals surface area (Å²) in [6, 6.07) is 11.3. The summed E-state index contributed by atoms with van der Waals surface area (Å²) in [4.78, 5) is 14.8. The smallest absolute Gasteiger partial charge is 0.416 e. The third-order valence-corrected chi connectivity index (χ3v) is 7.67. The molecule has 1 amide bonds. The zero-order chi connectivity index (χ0) is 25.3. The SMILES string of the molecule is CC1CCC(NC(=O)C2Cc3ccc(OC4CCN(c5ccc(C(F)(F)F)cc5)CC4)cc3O2)CC1. The Kier molecular flexibility index (Phi) is 7.04. The van der Waals surface area contributed by atoms with Gasteiger partial charge in [0, 0.05) is 50.1 Å². The van der Waals surface area contributed by atoms with Crippen LogP contribution in [0.1, 0.15) is 56.6 Å². The predicted octanol–water partition coefficient (Wildman–Crippen LogP) is 5.75. The highest BCUT2D eigenvalue weighted by Gasteiger charge is 2.32. The maximum Gasteiger partial charge on any atom is 0.416 e. The van der Waals surface area contributed by atoms with Crippen LogP contribution in [0.4, 0.5) is 18.9 Å². The van der Waals surface area contributed by atoms with Crippen LogP contribution in [0.5, 0.6) is 11.5 Å². The van der Waals surface area contributed by atoms with Gasteiger partial charge in [-0.1, -0.05) is 13.0 Å². The quantitative estimate of drug-likeness (QED) is 0.566. The van der Waals surface area contributed by atoms with Crippen LogP contribution in [-0.2, 0) is 17.4 Å². The fourth-order valence-corrected chi connectivity index (χ4v) is 5.41. The summed E-state index contributed by atoms with van der Waals surface area (Å²) in [5.74, 6) is 2.11. The van der Waals surface area contributed by atoms with E-state index in [0.29, 0.717) is 31.0 Å². The van der Waals surface area contributed by atoms with Gasteiger partial charge in [0.15, 0.2) is 6.10 Å². The molecule has 1 saturated heterocycles. The lowest BCUT2D eigenvalue weighted by Gasteiger charge is -2.34. The molecular formula is C28H33F3N2O3. The van der Waals surface area contributed by atoms with Crippen LogP contribution in [0.15, 0.2) is 42.5 Å². The number of carbonyl (C=O) groups excluding carboxylic acids is 1. The lowest BCUT2D eigenvalue weighted by molar-refractivity contribution is -0.137. The van der Waals surface area contributed by atoms with E-state index in [9.17, 15) is 18.0 Å². The van der Waals surface area contributed by atoms with Crippen molar-refractivity contribution < 1.29 is 27.4 Å². The number of halogens is 3. The molecule has 2 fully saturated rings. The van der Waals surface area contributed by atoms with Gasteiger partial charge >= 0.3 is 6.18 Å². The van der Waals surface area contributed by atoms with E-state index in [-0.39, 0.29) is 18.1 Å². The Labute approximate surface area is 210 Å². The Morgan fingerprint density at radius 1 is 1.00 bits per heavy atom. The summed E-state index contributed by atoms with van der Waals surface area (Å²) < 4.78 is 50.6. The van der Waals surface area contributed by atoms with Gasteiger partial charge in [-0.2, -0.15) is 13.2 Å². The standard InChI is InChI=1S/C28H33F3N2O3/c1-18-2-7-21(8-3-18)32-27(34)26-16-19-4-11-24(17-25(19)36-26)35-23-12-14-33(15-13-23)22-9-5-20(6-10-22)28(29,30)31/h4-6,9-11,17-18,21,23,26H,2-3,7-8,12-16H2,1H3,(H,32,34). The van der Waals surface area contributed by atoms with Crippen LogP contribution in [0, 0.1) is 5.92 Å². The lowest BCUT2D eigenvalue weighted by atomic mass is 9.87. The molecule has 2 aromatic rings. The maximum atomic E-state index is 12.8. The highest BCUT2D eigenvalue weighted by atomic mass is 19.4. The van der Waals surface area contributed by atoms with E-state index in [1.807, 2.05) is 18.2 Å². The molecule has 0 spiro atoms. The average molecular weight is 503 g/mol. The molecule has 8 heteroatoms. The Bertz CT molecular complexity index is 1060. The summed E-state index contributed by atoms with van der Waals surface area (Å²) in [7, 11) is 0. The van der Waals surface area contributed by atoms with Crippen LogP contribution < -0.4 is 19.7 Å². The molecule has 1 saturated carbocycles. The summed E-state index contributed by atoms with van der Waals surface area (Å²) >= 11 is 0. The van der Waals surface area contributed by atoms with Crippen molar-refractivity contribution in [2.75, 3.05) is 18.0 Å². The molecule has 2 aliphatic heterocycles. The summed E-state index contributed by atoms with van der Waals surface area (Å²) in [6.45, 7) is 3.68. The molecule has 0 aromatic heterocycles. The number of nitrogens with zero attached hydrogens (tertiary/aromatic N) is 1. The third kappa shape index (κ3) is 5.73. The van der Waals surface area contributed by atoms with Crippen LogP contribution in [0.2, 0.25) is 0 Å². The van der Waals surface area contributed by atoms with Gasteiger partial charge in [0.1, 0.15) is 17.6 Å². The molecule has 1 aliphatic carbocycles. The second-order valence-electron chi connectivity index (χ2n) is 10.4. The van der Waals surface area contributed by atoms with Gasteiger partial charge in [-0.25, -0.2) is 0 Å². The van der Waals surface area contributed by atoms with Crippen molar-refractivity contribution in [2.45, 2.75) is 76.3 Å². The van der Waals surface area contributed by atoms with Gasteiger partial charge in [0.25, 0.3) is 5.91 Å². The number of hydrogen-bond donors (Lipinski definition) is 1. The number of alkyl halides is 3. The van der Waals surface area contributed by atoms with E-state index in [2.05, 4.69) is 17.1 Å². The molecule has 1 N–H and O–H groups in total. The van der Waals surface area contributed by atoms with Crippen molar-refractivity contribution in [1.82, 2.24) is 5.32 Å². The fraction of sp³-hybridized carbons (Fsp3) is 0.536. The molecule has 0 radical (unpaired) electrons. The molecule has 0 bridgehead atoms. The summed E-state index contributed by atoms with van der Waals surface area (Å²) in [5.41, 5.74) is 1.17. The summed E-state index contributed by atoms with van der Waals surface area (Å²) in [6.07, 6.45) is 1.66. The Balaban J connectivity index is 1.11. The number of piperidine rings is 1. The predicted molar refractivity (Wildman–Crippen MR) is 131 cm³/mol. The Hall–Kier alpha value is -2.90. The van der Waals surface area contributed by atoms with E-state index in [4.69, 9.17) is 9.47 Å². The van der Waals surface area contributed by atoms with E-state index in [1.54, 1.807) is 0 Å². The van der Waals surface area contributed by atoms with Gasteiger partial charge < -0.3 is 19.7 Å². The fourth-order valence-electron chi connectivity index (χ4n) is 5.41. The number of ether oxygens (including phenoxy) is 2. The number of anilines is 1. The molecule has 194 valence electrons. The van der Waals surface area contributed by atoms with Gasteiger partial charge in [-0.05, 0) is 67.5 Å². The van der Waals surface area contributed by atoms with Crippen molar-refractivity contribution >= 4 is 11.6 Å². The number of amides is 1. The molecule has 1 atom stereocenters. The lowest BCUT2D eigenvalue weighted by Crippen LogP contribution is -2.44. The monoisotopic (exact) mass is 502 g/mol. The van der Waals surface area contributed by atoms with Crippen LogP contribution in [-0.4, -0.2) is 37.2 Å². The average Bonchev–Trinajstić information content (AvgIpc) is 3.29. The first-order valence-electron chi connectivity index (χ1n) is 12.9. The second kappa shape index (κ2) is 10.2. The van der Waals surface area contributed by atoms with Gasteiger partial charge in [0.05, 0.1) is 5.56 Å². The van der Waals surface area contributed by atoms with Gasteiger partial charge in [0.2, 0.25) is 0 Å². The maximum absolute atomic E-state index is 12.8. The van der Waals surface area contributed by atoms with E-state index in [1.165, 1.54) is 12.1 Å². The van der Waals surface area contributed by atoms with E-state index in [0.717, 1.165) is 67.8 Å². The first kappa shape index (κ1) is 24.8. The van der Waals surface area contributed by atoms with Crippen LogP contribution in [0.25, 0.3) is 0 Å². The number of fused-ring (bicyclic) bond motifs is 1. The highest BCUT2D eigenvalue weighted by molar-refractivity contribution is 5.82. The largest absolute Gasteiger partial charge is 0.490 e. The topological polar surface area (TPSA) is 50.8 Å². The Morgan fingerprint density at radius 3 is 2.36 bits per heavy atom. The number of carbonyl (C=O) groups is 1. The zero-order valence-corrected chi connectivity index (χ0v) is 20.5. The Morgan fingerprint density at radius 2 is 1.69 bits per heavy atom. The molecular weight excluding hydrogens is 469 g/mol. The number of hydrogen-bond acceptors (Lipinski definition) is 4. The van der Waals surface area contributed by atoms with Crippen molar-refractivity contribution in [3.8, 4) is 11.5 Å². The minimum absolute atomic E-state index is 0.0166. The number of benzene rings is 2. The van der Waals surface area contributed by atoms with E-state index < -0.39 is 17.8 Å². The zero-order valence-electron chi connectivity index (χ0n) is 20.5. The van der Waals surface area contributed by atoms with Crippen molar-refractivity contribution in [2.24, 2.45) is 5.92 Å². The molecule has 2 heterocycles. The highest BCUT2D eigenvalue weighted by Crippen LogP contribution is 2.35. The minimum atomic E-state index is -4.32. The number of rotatable bonds is 5. The molecule has 2 aromatic carbocycles. The second-order valence-corrected chi connectivity index (χ2v) is 10.4. The number of nitrogens with one attached hydrogen (secondary N) is 1. The van der Waals surface area contributed by atoms with Gasteiger partial charge in [-0.15, -0.1) is 0 Å². The van der Waals surface area contributed by atoms with Crippen molar-refractivity contribution in [1.29, 1.82) is 0 Å². The van der Waals surface area contributed by atoms with Crippen molar-refractivity contribution in [3.63, 3.8) is 0 Å². The first-order valence-corrected chi connectivity index (χ1v) is 12.9. The van der Waals surface area contributed by atoms with Crippen molar-refractivity contribution in [3.05, 3.63) is 53.6 Å². The summed E-state index contributed by atoms with van der Waals surface area (Å²) in [5, 5.41) is 3.17. The molecule has 3 aliphatic rings. The molecule has 1 unspecified atom stereocenters. The van der Waals surface area contributed by atoms with E-state index >= 15 is 0 Å². The van der Waals surface area contributed by atoms with Crippen LogP contribution in [0.3, 0.4) is 0 Å². The minimum Gasteiger partial charge on any atom is -0.490 e. The molecule has 5 rings (SSSR count). The van der Waals surface area contributed by atoms with Gasteiger partial charge in [-0.3, -0.25) is 4.79 Å². The van der Waals surface area contributed by atoms with Crippen LogP contribution >= 0.6 is 0 Å². The first-order chi connectivity index (χ1) is 17.2. The molecule has 5 nitrogen and oxygen atoms in total. The normalized spacial score (nSPS) is 24.7. The molecule has 36 heavy (non-hydrogen) atoms. The third-order valence-electron chi connectivity index (χ3n) is 7.67.